The van der Waals surface area contributed by atoms with Gasteiger partial charge < -0.3 is 0 Å². The van der Waals surface area contributed by atoms with Gasteiger partial charge in [0.1, 0.15) is 0 Å². The van der Waals surface area contributed by atoms with Gasteiger partial charge in [-0.05, 0) is 0 Å². The van der Waals surface area contributed by atoms with E-state index in [1.165, 1.54) is 0 Å². The molecule has 0 spiro atoms. The van der Waals surface area contributed by atoms with Crippen LogP contribution in [0, 0.1) is 5.50 Å². The van der Waals surface area contributed by atoms with Gasteiger partial charge in [-0.3, -0.25) is 0 Å². The minimum absolute atomic E-state index is 1.19. The SMILES string of the molecule is C[Si](C)(C)[Si]([C]Cl)([Si](C)(C)C)[Si](C)(C)C. The summed E-state index contributed by atoms with van der Waals surface area (Å²) < 4.78 is 0. The van der Waals surface area contributed by atoms with E-state index in [1.54, 1.807) is 0 Å². The number of rotatable bonds is 4. The quantitative estimate of drug-likeness (QED) is 0.670. The van der Waals surface area contributed by atoms with Crippen LogP contribution in [-0.2, 0) is 0 Å². The molecule has 5 heteroatoms. The van der Waals surface area contributed by atoms with Crippen molar-refractivity contribution in [3.05, 3.63) is 5.50 Å². The van der Waals surface area contributed by atoms with E-state index in [0.717, 1.165) is 0 Å². The van der Waals surface area contributed by atoms with Gasteiger partial charge in [0.2, 0.25) is 0 Å². The zero-order valence-electron chi connectivity index (χ0n) is 11.9. The van der Waals surface area contributed by atoms with Crippen molar-refractivity contribution < 1.29 is 0 Å². The molecule has 15 heavy (non-hydrogen) atoms. The van der Waals surface area contributed by atoms with E-state index >= 15 is 0 Å². The standard InChI is InChI=1S/C10H27ClSi4/c1-12(2,3)15(10-11,13(4,5)6)14(7,8)9/h1-9H3. The smallest absolute Gasteiger partial charge is 0.0654 e. The lowest BCUT2D eigenvalue weighted by molar-refractivity contribution is 1.73. The molecule has 0 aromatic rings. The normalized spacial score (nSPS) is 15.6. The summed E-state index contributed by atoms with van der Waals surface area (Å²) in [5, 5.41) is 0. The van der Waals surface area contributed by atoms with Crippen molar-refractivity contribution in [2.75, 3.05) is 0 Å². The molecule has 0 saturated heterocycles. The molecule has 0 rings (SSSR count). The molecule has 0 N–H and O–H groups in total. The molecule has 0 aliphatic heterocycles. The Morgan fingerprint density at radius 3 is 0.800 bits per heavy atom. The highest BCUT2D eigenvalue weighted by atomic mass is 35.5. The third-order valence-electron chi connectivity index (χ3n) is 3.52. The molecular formula is C10H27ClSi4. The van der Waals surface area contributed by atoms with E-state index in [1.807, 2.05) is 0 Å². The van der Waals surface area contributed by atoms with Crippen LogP contribution in [0.15, 0.2) is 0 Å². The Hall–Kier alpha value is 1.16. The highest BCUT2D eigenvalue weighted by Crippen LogP contribution is 2.39. The molecule has 0 aromatic heterocycles. The molecule has 2 radical (unpaired) electrons. The summed E-state index contributed by atoms with van der Waals surface area (Å²) in [5.41, 5.74) is 3.43. The van der Waals surface area contributed by atoms with Gasteiger partial charge in [-0.1, -0.05) is 58.9 Å². The first kappa shape index (κ1) is 16.2. The lowest BCUT2D eigenvalue weighted by atomic mass is 11.8. The summed E-state index contributed by atoms with van der Waals surface area (Å²) in [5.74, 6) is 0. The predicted molar refractivity (Wildman–Crippen MR) is 84.9 cm³/mol. The molecule has 0 nitrogen and oxygen atoms in total. The van der Waals surface area contributed by atoms with Crippen molar-refractivity contribution in [1.29, 1.82) is 0 Å². The fourth-order valence-corrected chi connectivity index (χ4v) is 103. The number of hydrogen-bond acceptors (Lipinski definition) is 0. The largest absolute Gasteiger partial charge is 0.121 e. The van der Waals surface area contributed by atoms with Crippen molar-refractivity contribution in [1.82, 2.24) is 0 Å². The second kappa shape index (κ2) is 4.44. The molecule has 0 fully saturated rings. The predicted octanol–water partition coefficient (Wildman–Crippen LogP) is 4.50. The molecule has 0 atom stereocenters. The van der Waals surface area contributed by atoms with Crippen LogP contribution in [0.1, 0.15) is 0 Å². The van der Waals surface area contributed by atoms with Gasteiger partial charge in [0.15, 0.2) is 0 Å². The van der Waals surface area contributed by atoms with Crippen LogP contribution in [0.4, 0.5) is 0 Å². The molecule has 90 valence electrons. The molecule has 0 bridgehead atoms. The first-order valence-corrected chi connectivity index (χ1v) is 21.6. The second-order valence-electron chi connectivity index (χ2n) is 7.59. The summed E-state index contributed by atoms with van der Waals surface area (Å²) in [4.78, 5) is 0. The average molecular weight is 295 g/mol. The van der Waals surface area contributed by atoms with E-state index in [-0.39, 0.29) is 0 Å². The highest BCUT2D eigenvalue weighted by molar-refractivity contribution is 7.91. The van der Waals surface area contributed by atoms with Crippen LogP contribution in [-0.4, -0.2) is 29.4 Å². The van der Waals surface area contributed by atoms with Crippen molar-refractivity contribution >= 4 is 41.0 Å². The van der Waals surface area contributed by atoms with E-state index in [0.29, 0.717) is 0 Å². The Morgan fingerprint density at radius 1 is 0.600 bits per heavy atom. The Labute approximate surface area is 105 Å². The van der Waals surface area contributed by atoms with Gasteiger partial charge in [-0.15, -0.1) is 11.6 Å². The van der Waals surface area contributed by atoms with Crippen LogP contribution in [0.3, 0.4) is 0 Å². The molecule has 0 amide bonds. The monoisotopic (exact) mass is 294 g/mol. The van der Waals surface area contributed by atoms with Crippen molar-refractivity contribution in [2.24, 2.45) is 0 Å². The van der Waals surface area contributed by atoms with Crippen molar-refractivity contribution in [3.8, 4) is 0 Å². The molecule has 0 aliphatic rings. The Morgan fingerprint density at radius 2 is 0.800 bits per heavy atom. The highest BCUT2D eigenvalue weighted by Gasteiger charge is 2.61. The van der Waals surface area contributed by atoms with Gasteiger partial charge in [0, 0.05) is 22.8 Å². The first-order chi connectivity index (χ1) is 6.31. The molecule has 0 heterocycles. The van der Waals surface area contributed by atoms with E-state index in [9.17, 15) is 0 Å². The maximum Gasteiger partial charge on any atom is 0.0654 e. The lowest BCUT2D eigenvalue weighted by Crippen LogP contribution is -2.82. The van der Waals surface area contributed by atoms with Crippen molar-refractivity contribution in [2.45, 2.75) is 58.9 Å². The van der Waals surface area contributed by atoms with Gasteiger partial charge in [-0.2, -0.15) is 0 Å². The van der Waals surface area contributed by atoms with Crippen molar-refractivity contribution in [3.63, 3.8) is 0 Å². The van der Waals surface area contributed by atoms with Crippen LogP contribution in [0.5, 0.6) is 0 Å². The number of halogens is 1. The minimum Gasteiger partial charge on any atom is -0.121 e. The lowest BCUT2D eigenvalue weighted by Gasteiger charge is -2.55. The van der Waals surface area contributed by atoms with Crippen LogP contribution < -0.4 is 0 Å². The fraction of sp³-hybridized carbons (Fsp3) is 0.900. The second-order valence-corrected chi connectivity index (χ2v) is 48.1. The third-order valence-corrected chi connectivity index (χ3v) is 74.7. The topological polar surface area (TPSA) is 0 Å². The van der Waals surface area contributed by atoms with Crippen LogP contribution in [0.2, 0.25) is 58.9 Å². The summed E-state index contributed by atoms with van der Waals surface area (Å²) in [6, 6.07) is 0. The van der Waals surface area contributed by atoms with Crippen LogP contribution >= 0.6 is 11.6 Å². The van der Waals surface area contributed by atoms with Gasteiger partial charge in [-0.25, -0.2) is 0 Å². The van der Waals surface area contributed by atoms with E-state index in [2.05, 4.69) is 64.4 Å². The zero-order chi connectivity index (χ0) is 12.7. The zero-order valence-corrected chi connectivity index (χ0v) is 16.6. The van der Waals surface area contributed by atoms with E-state index in [4.69, 9.17) is 11.6 Å². The molecule has 0 aromatic carbocycles. The first-order valence-electron chi connectivity index (χ1n) is 5.69. The Balaban J connectivity index is 5.78. The Bertz CT molecular complexity index is 183. The van der Waals surface area contributed by atoms with E-state index < -0.39 is 29.4 Å². The molecule has 0 unspecified atom stereocenters. The van der Waals surface area contributed by atoms with Crippen LogP contribution in [0.25, 0.3) is 0 Å². The van der Waals surface area contributed by atoms with Gasteiger partial charge in [0.25, 0.3) is 0 Å². The summed E-state index contributed by atoms with van der Waals surface area (Å²) in [7, 11) is -3.57. The number of hydrogen-bond donors (Lipinski definition) is 0. The third kappa shape index (κ3) is 2.70. The maximum atomic E-state index is 6.29. The Kier molecular flexibility index (Phi) is 4.78. The average Bonchev–Trinajstić information content (AvgIpc) is 1.76. The summed E-state index contributed by atoms with van der Waals surface area (Å²) >= 11 is 6.29. The molecule has 0 aliphatic carbocycles. The van der Waals surface area contributed by atoms with Gasteiger partial charge >= 0.3 is 0 Å². The van der Waals surface area contributed by atoms with Gasteiger partial charge in [0.05, 0.1) is 12.1 Å². The summed E-state index contributed by atoms with van der Waals surface area (Å²) in [6.45, 7) is 21.2. The summed E-state index contributed by atoms with van der Waals surface area (Å²) in [6.07, 6.45) is 0. The molecular weight excluding hydrogens is 268 g/mol. The molecule has 0 saturated carbocycles. The fourth-order valence-electron chi connectivity index (χ4n) is 3.80. The minimum atomic E-state index is -1.44. The maximum absolute atomic E-state index is 6.29.